The highest BCUT2D eigenvalue weighted by Crippen LogP contribution is 2.60. The summed E-state index contributed by atoms with van der Waals surface area (Å²) in [7, 11) is 0. The van der Waals surface area contributed by atoms with Crippen LogP contribution in [0.15, 0.2) is 0 Å². The van der Waals surface area contributed by atoms with Gasteiger partial charge in [0, 0.05) is 49.7 Å². The Morgan fingerprint density at radius 2 is 1.78 bits per heavy atom. The van der Waals surface area contributed by atoms with Gasteiger partial charge in [0.15, 0.2) is 0 Å². The Morgan fingerprint density at radius 3 is 2.52 bits per heavy atom. The summed E-state index contributed by atoms with van der Waals surface area (Å²) in [5.41, 5.74) is 6.52. The molecule has 27 heavy (non-hydrogen) atoms. The molecule has 3 N–H and O–H groups in total. The van der Waals surface area contributed by atoms with Crippen molar-refractivity contribution in [3.8, 4) is 0 Å². The lowest BCUT2D eigenvalue weighted by Crippen LogP contribution is -2.69. The molecular weight excluding hydrogens is 342 g/mol. The van der Waals surface area contributed by atoms with Crippen LogP contribution in [0.25, 0.3) is 0 Å². The van der Waals surface area contributed by atoms with Crippen LogP contribution in [-0.2, 0) is 9.47 Å². The summed E-state index contributed by atoms with van der Waals surface area (Å²) in [5, 5.41) is 3.44. The molecule has 0 aromatic rings. The summed E-state index contributed by atoms with van der Waals surface area (Å²) >= 11 is 0. The molecule has 0 aromatic carbocycles. The first-order valence-electron chi connectivity index (χ1n) is 11.2. The molecule has 0 bridgehead atoms. The predicted octanol–water partition coefficient (Wildman–Crippen LogP) is 2.26. The third-order valence-electron chi connectivity index (χ3n) is 8.27. The second-order valence-corrected chi connectivity index (χ2v) is 9.58. The maximum absolute atomic E-state index is 13.0. The van der Waals surface area contributed by atoms with Gasteiger partial charge in [-0.15, -0.1) is 0 Å². The van der Waals surface area contributed by atoms with E-state index in [1.165, 1.54) is 25.7 Å². The van der Waals surface area contributed by atoms with Crippen molar-refractivity contribution in [1.29, 1.82) is 0 Å². The number of ether oxygens (including phenoxy) is 2. The van der Waals surface area contributed by atoms with Crippen LogP contribution in [0.3, 0.4) is 0 Å². The maximum atomic E-state index is 13.0. The predicted molar refractivity (Wildman–Crippen MR) is 102 cm³/mol. The lowest BCUT2D eigenvalue weighted by molar-refractivity contribution is -0.127. The first-order valence-corrected chi connectivity index (χ1v) is 11.2. The van der Waals surface area contributed by atoms with Crippen molar-refractivity contribution in [2.75, 3.05) is 26.3 Å². The molecule has 6 heteroatoms. The highest BCUT2D eigenvalue weighted by atomic mass is 16.5. The monoisotopic (exact) mass is 377 g/mol. The van der Waals surface area contributed by atoms with Crippen molar-refractivity contribution in [3.05, 3.63) is 0 Å². The second-order valence-electron chi connectivity index (χ2n) is 9.58. The molecule has 5 unspecified atom stereocenters. The number of amides is 2. The van der Waals surface area contributed by atoms with Gasteiger partial charge in [-0.3, -0.25) is 0 Å². The molecule has 0 aromatic heterocycles. The molecule has 5 fully saturated rings. The topological polar surface area (TPSA) is 76.8 Å². The average molecular weight is 378 g/mol. The summed E-state index contributed by atoms with van der Waals surface area (Å²) in [5.74, 6) is 1.04. The van der Waals surface area contributed by atoms with Crippen LogP contribution in [0.4, 0.5) is 4.79 Å². The van der Waals surface area contributed by atoms with Crippen LogP contribution < -0.4 is 11.1 Å². The molecule has 5 rings (SSSR count). The summed E-state index contributed by atoms with van der Waals surface area (Å²) in [6.45, 7) is 3.37. The number of rotatable bonds is 2. The molecular formula is C21H35N3O3. The van der Waals surface area contributed by atoms with Crippen LogP contribution >= 0.6 is 0 Å². The Labute approximate surface area is 162 Å². The Hall–Kier alpha value is -0.850. The minimum absolute atomic E-state index is 0.143. The SMILES string of the molecule is NC1CCCOC1C1CCN(C(=O)NC2C3CCOC3C23CCCC3)CC1. The van der Waals surface area contributed by atoms with Crippen molar-refractivity contribution >= 4 is 6.03 Å². The van der Waals surface area contributed by atoms with Crippen molar-refractivity contribution in [3.63, 3.8) is 0 Å². The van der Waals surface area contributed by atoms with E-state index in [1.807, 2.05) is 4.90 Å². The summed E-state index contributed by atoms with van der Waals surface area (Å²) < 4.78 is 12.0. The molecule has 2 aliphatic carbocycles. The number of nitrogens with two attached hydrogens (primary N) is 1. The van der Waals surface area contributed by atoms with Crippen molar-refractivity contribution in [2.24, 2.45) is 23.0 Å². The van der Waals surface area contributed by atoms with Gasteiger partial charge in [0.1, 0.15) is 0 Å². The number of hydrogen-bond acceptors (Lipinski definition) is 4. The largest absolute Gasteiger partial charge is 0.377 e. The van der Waals surface area contributed by atoms with E-state index < -0.39 is 0 Å². The number of nitrogens with one attached hydrogen (secondary N) is 1. The van der Waals surface area contributed by atoms with Crippen molar-refractivity contribution in [2.45, 2.75) is 82.1 Å². The zero-order valence-corrected chi connectivity index (χ0v) is 16.4. The molecule has 0 radical (unpaired) electrons. The van der Waals surface area contributed by atoms with Gasteiger partial charge in [0.05, 0.1) is 12.2 Å². The summed E-state index contributed by atoms with van der Waals surface area (Å²) in [4.78, 5) is 15.0. The van der Waals surface area contributed by atoms with Crippen LogP contribution in [0.5, 0.6) is 0 Å². The zero-order chi connectivity index (χ0) is 18.4. The van der Waals surface area contributed by atoms with Gasteiger partial charge >= 0.3 is 6.03 Å². The molecule has 3 aliphatic heterocycles. The fraction of sp³-hybridized carbons (Fsp3) is 0.952. The average Bonchev–Trinajstić information content (AvgIpc) is 3.35. The molecule has 6 nitrogen and oxygen atoms in total. The van der Waals surface area contributed by atoms with Gasteiger partial charge in [-0.1, -0.05) is 12.8 Å². The van der Waals surface area contributed by atoms with Gasteiger partial charge in [-0.05, 0) is 50.9 Å². The number of piperidine rings is 1. The minimum atomic E-state index is 0.143. The molecule has 5 aliphatic rings. The second kappa shape index (κ2) is 7.20. The lowest BCUT2D eigenvalue weighted by Gasteiger charge is -2.57. The smallest absolute Gasteiger partial charge is 0.317 e. The zero-order valence-electron chi connectivity index (χ0n) is 16.4. The Balaban J connectivity index is 1.17. The molecule has 3 saturated heterocycles. The highest BCUT2D eigenvalue weighted by Gasteiger charge is 2.65. The Kier molecular flexibility index (Phi) is 4.85. The molecule has 5 atom stereocenters. The van der Waals surface area contributed by atoms with E-state index in [0.717, 1.165) is 58.4 Å². The summed E-state index contributed by atoms with van der Waals surface area (Å²) in [6.07, 6.45) is 10.9. The van der Waals surface area contributed by atoms with E-state index in [2.05, 4.69) is 5.32 Å². The van der Waals surface area contributed by atoms with Gasteiger partial charge < -0.3 is 25.4 Å². The first-order chi connectivity index (χ1) is 13.2. The third-order valence-corrected chi connectivity index (χ3v) is 8.27. The van der Waals surface area contributed by atoms with E-state index >= 15 is 0 Å². The summed E-state index contributed by atoms with van der Waals surface area (Å²) in [6, 6.07) is 0.636. The Bertz CT molecular complexity index is 557. The number of hydrogen-bond donors (Lipinski definition) is 2. The van der Waals surface area contributed by atoms with Crippen LogP contribution in [0, 0.1) is 17.3 Å². The van der Waals surface area contributed by atoms with Gasteiger partial charge in [0.25, 0.3) is 0 Å². The van der Waals surface area contributed by atoms with Crippen LogP contribution in [0.2, 0.25) is 0 Å². The van der Waals surface area contributed by atoms with Gasteiger partial charge in [-0.2, -0.15) is 0 Å². The van der Waals surface area contributed by atoms with Gasteiger partial charge in [-0.25, -0.2) is 4.79 Å². The van der Waals surface area contributed by atoms with Gasteiger partial charge in [0.2, 0.25) is 0 Å². The molecule has 152 valence electrons. The van der Waals surface area contributed by atoms with Crippen LogP contribution in [-0.4, -0.2) is 61.5 Å². The number of likely N-dealkylation sites (tertiary alicyclic amines) is 1. The fourth-order valence-corrected chi connectivity index (χ4v) is 6.87. The Morgan fingerprint density at radius 1 is 1.00 bits per heavy atom. The van der Waals surface area contributed by atoms with Crippen molar-refractivity contribution in [1.82, 2.24) is 10.2 Å². The van der Waals surface area contributed by atoms with E-state index in [9.17, 15) is 4.79 Å². The fourth-order valence-electron chi connectivity index (χ4n) is 6.87. The number of carbonyl (C=O) groups is 1. The van der Waals surface area contributed by atoms with E-state index in [4.69, 9.17) is 15.2 Å². The normalized spacial score (nSPS) is 41.4. The lowest BCUT2D eigenvalue weighted by atomic mass is 9.54. The van der Waals surface area contributed by atoms with E-state index in [0.29, 0.717) is 24.0 Å². The molecule has 2 saturated carbocycles. The number of fused-ring (bicyclic) bond motifs is 2. The molecule has 3 heterocycles. The highest BCUT2D eigenvalue weighted by molar-refractivity contribution is 5.75. The standard InChI is InChI=1S/C21H35N3O3/c22-16-4-3-12-26-17(16)14-5-10-24(11-6-14)20(25)23-18-15-7-13-27-19(15)21(18)8-1-2-9-21/h14-19H,1-13,22H2,(H,23,25). The first kappa shape index (κ1) is 18.2. The molecule has 2 amide bonds. The quantitative estimate of drug-likeness (QED) is 0.774. The number of carbonyl (C=O) groups excluding carboxylic acids is 1. The van der Waals surface area contributed by atoms with Crippen LogP contribution in [0.1, 0.15) is 57.8 Å². The number of nitrogens with zero attached hydrogens (tertiary/aromatic N) is 1. The van der Waals surface area contributed by atoms with E-state index in [1.54, 1.807) is 0 Å². The van der Waals surface area contributed by atoms with E-state index in [-0.39, 0.29) is 23.6 Å². The third kappa shape index (κ3) is 2.99. The molecule has 1 spiro atoms. The maximum Gasteiger partial charge on any atom is 0.317 e. The minimum Gasteiger partial charge on any atom is -0.377 e. The van der Waals surface area contributed by atoms with Crippen molar-refractivity contribution < 1.29 is 14.3 Å². The number of urea groups is 1.